The average Bonchev–Trinajstić information content (AvgIpc) is 2.49. The fourth-order valence-corrected chi connectivity index (χ4v) is 1.21. The van der Waals surface area contributed by atoms with Gasteiger partial charge in [0.2, 0.25) is 0 Å². The van der Waals surface area contributed by atoms with Crippen molar-refractivity contribution in [2.24, 2.45) is 0 Å². The van der Waals surface area contributed by atoms with Crippen molar-refractivity contribution in [1.29, 1.82) is 0 Å². The zero-order chi connectivity index (χ0) is 9.42. The maximum Gasteiger partial charge on any atom is 0.299 e. The molecule has 0 aliphatic rings. The van der Waals surface area contributed by atoms with Crippen molar-refractivity contribution in [2.75, 3.05) is 0 Å². The second kappa shape index (κ2) is 2.67. The average molecular weight is 199 g/mol. The van der Waals surface area contributed by atoms with E-state index < -0.39 is 4.92 Å². The molecule has 2 rings (SSSR count). The van der Waals surface area contributed by atoms with E-state index in [2.05, 4.69) is 15.0 Å². The molecule has 66 valence electrons. The SMILES string of the molecule is O=[N+]([O-])c1cc(Cl)nc2nc[nH]c12. The minimum atomic E-state index is -0.534. The van der Waals surface area contributed by atoms with Gasteiger partial charge in [0.05, 0.1) is 17.3 Å². The standard InChI is InChI=1S/C6H3ClN4O2/c7-4-1-3(11(12)13)5-6(10-4)9-2-8-5/h1-2H,(H,8,9,10). The molecule has 0 aliphatic carbocycles. The lowest BCUT2D eigenvalue weighted by Crippen LogP contribution is -1.91. The van der Waals surface area contributed by atoms with Crippen LogP contribution >= 0.6 is 11.6 Å². The molecule has 2 heterocycles. The Morgan fingerprint density at radius 2 is 2.38 bits per heavy atom. The van der Waals surface area contributed by atoms with Crippen LogP contribution in [0.2, 0.25) is 5.15 Å². The molecule has 0 aromatic carbocycles. The highest BCUT2D eigenvalue weighted by Gasteiger charge is 2.15. The highest BCUT2D eigenvalue weighted by atomic mass is 35.5. The van der Waals surface area contributed by atoms with Gasteiger partial charge in [0.1, 0.15) is 5.15 Å². The smallest absolute Gasteiger partial charge is 0.299 e. The van der Waals surface area contributed by atoms with Crippen molar-refractivity contribution < 1.29 is 4.92 Å². The Balaban J connectivity index is 2.84. The van der Waals surface area contributed by atoms with Crippen molar-refractivity contribution >= 4 is 28.5 Å². The van der Waals surface area contributed by atoms with Gasteiger partial charge in [0.25, 0.3) is 5.69 Å². The lowest BCUT2D eigenvalue weighted by Gasteiger charge is -1.92. The summed E-state index contributed by atoms with van der Waals surface area (Å²) >= 11 is 5.56. The number of hydrogen-bond acceptors (Lipinski definition) is 4. The highest BCUT2D eigenvalue weighted by molar-refractivity contribution is 6.30. The summed E-state index contributed by atoms with van der Waals surface area (Å²) in [5, 5.41) is 10.6. The lowest BCUT2D eigenvalue weighted by atomic mass is 10.4. The molecule has 0 bridgehead atoms. The minimum Gasteiger partial charge on any atom is -0.338 e. The Hall–Kier alpha value is -1.69. The van der Waals surface area contributed by atoms with Crippen LogP contribution in [0.5, 0.6) is 0 Å². The molecule has 0 amide bonds. The number of nitro groups is 1. The number of H-pyrrole nitrogens is 1. The molecule has 0 spiro atoms. The second-order valence-electron chi connectivity index (χ2n) is 2.32. The summed E-state index contributed by atoms with van der Waals surface area (Å²) in [7, 11) is 0. The molecular weight excluding hydrogens is 196 g/mol. The highest BCUT2D eigenvalue weighted by Crippen LogP contribution is 2.23. The van der Waals surface area contributed by atoms with Gasteiger partial charge in [0, 0.05) is 0 Å². The van der Waals surface area contributed by atoms with E-state index in [1.807, 2.05) is 0 Å². The number of fused-ring (bicyclic) bond motifs is 1. The Morgan fingerprint density at radius 3 is 3.08 bits per heavy atom. The molecule has 0 radical (unpaired) electrons. The Bertz CT molecular complexity index is 480. The van der Waals surface area contributed by atoms with Crippen molar-refractivity contribution in [2.45, 2.75) is 0 Å². The molecule has 0 atom stereocenters. The van der Waals surface area contributed by atoms with Gasteiger partial charge in [-0.15, -0.1) is 0 Å². The number of hydrogen-bond donors (Lipinski definition) is 1. The third-order valence-corrected chi connectivity index (χ3v) is 1.73. The van der Waals surface area contributed by atoms with Crippen molar-refractivity contribution in [3.63, 3.8) is 0 Å². The Kier molecular flexibility index (Phi) is 1.63. The summed E-state index contributed by atoms with van der Waals surface area (Å²) in [5.74, 6) is 0. The number of halogens is 1. The predicted octanol–water partition coefficient (Wildman–Crippen LogP) is 1.52. The van der Waals surface area contributed by atoms with Gasteiger partial charge in [-0.2, -0.15) is 0 Å². The maximum atomic E-state index is 10.5. The topological polar surface area (TPSA) is 84.7 Å². The van der Waals surface area contributed by atoms with E-state index >= 15 is 0 Å². The number of rotatable bonds is 1. The third-order valence-electron chi connectivity index (χ3n) is 1.54. The number of aromatic amines is 1. The van der Waals surface area contributed by atoms with Gasteiger partial charge < -0.3 is 4.98 Å². The summed E-state index contributed by atoms with van der Waals surface area (Å²) in [4.78, 5) is 20.2. The van der Waals surface area contributed by atoms with E-state index in [0.717, 1.165) is 0 Å². The van der Waals surface area contributed by atoms with Crippen LogP contribution in [0.4, 0.5) is 5.69 Å². The zero-order valence-electron chi connectivity index (χ0n) is 6.19. The summed E-state index contributed by atoms with van der Waals surface area (Å²) in [6.07, 6.45) is 1.33. The summed E-state index contributed by atoms with van der Waals surface area (Å²) in [6, 6.07) is 1.18. The van der Waals surface area contributed by atoms with Crippen LogP contribution < -0.4 is 0 Å². The van der Waals surface area contributed by atoms with Gasteiger partial charge in [-0.3, -0.25) is 10.1 Å². The van der Waals surface area contributed by atoms with Crippen LogP contribution in [0.15, 0.2) is 12.4 Å². The lowest BCUT2D eigenvalue weighted by molar-refractivity contribution is -0.383. The first-order valence-corrected chi connectivity index (χ1v) is 3.70. The molecule has 2 aromatic rings. The molecule has 0 saturated carbocycles. The fourth-order valence-electron chi connectivity index (χ4n) is 1.02. The zero-order valence-corrected chi connectivity index (χ0v) is 6.95. The molecule has 0 unspecified atom stereocenters. The number of nitrogens with one attached hydrogen (secondary N) is 1. The molecule has 7 heteroatoms. The molecule has 0 aliphatic heterocycles. The van der Waals surface area contributed by atoms with Crippen molar-refractivity contribution in [1.82, 2.24) is 15.0 Å². The van der Waals surface area contributed by atoms with Crippen molar-refractivity contribution in [3.05, 3.63) is 27.7 Å². The molecular formula is C6H3ClN4O2. The van der Waals surface area contributed by atoms with Crippen LogP contribution in [-0.2, 0) is 0 Å². The molecule has 2 aromatic heterocycles. The predicted molar refractivity (Wildman–Crippen MR) is 45.6 cm³/mol. The number of pyridine rings is 1. The third kappa shape index (κ3) is 1.20. The monoisotopic (exact) mass is 198 g/mol. The second-order valence-corrected chi connectivity index (χ2v) is 2.71. The van der Waals surface area contributed by atoms with Crippen LogP contribution in [0.3, 0.4) is 0 Å². The number of aromatic nitrogens is 3. The maximum absolute atomic E-state index is 10.5. The largest absolute Gasteiger partial charge is 0.338 e. The van der Waals surface area contributed by atoms with Crippen LogP contribution in [0.25, 0.3) is 11.2 Å². The Labute approximate surface area is 76.7 Å². The van der Waals surface area contributed by atoms with Gasteiger partial charge >= 0.3 is 0 Å². The van der Waals surface area contributed by atoms with E-state index in [4.69, 9.17) is 11.6 Å². The van der Waals surface area contributed by atoms with Gasteiger partial charge in [-0.1, -0.05) is 11.6 Å². The Morgan fingerprint density at radius 1 is 1.62 bits per heavy atom. The molecule has 0 fully saturated rings. The summed E-state index contributed by atoms with van der Waals surface area (Å²) < 4.78 is 0. The van der Waals surface area contributed by atoms with Crippen LogP contribution in [-0.4, -0.2) is 19.9 Å². The number of imidazole rings is 1. The van der Waals surface area contributed by atoms with E-state index in [1.165, 1.54) is 12.4 Å². The van der Waals surface area contributed by atoms with Gasteiger partial charge in [-0.25, -0.2) is 9.97 Å². The molecule has 0 saturated heterocycles. The van der Waals surface area contributed by atoms with Gasteiger partial charge in [0.15, 0.2) is 11.2 Å². The first kappa shape index (κ1) is 7.93. The van der Waals surface area contributed by atoms with Crippen LogP contribution in [0, 0.1) is 10.1 Å². The van der Waals surface area contributed by atoms with Crippen molar-refractivity contribution in [3.8, 4) is 0 Å². The fraction of sp³-hybridized carbons (Fsp3) is 0. The molecule has 1 N–H and O–H groups in total. The molecule has 13 heavy (non-hydrogen) atoms. The van der Waals surface area contributed by atoms with E-state index in [1.54, 1.807) is 0 Å². The number of nitrogens with zero attached hydrogens (tertiary/aromatic N) is 3. The van der Waals surface area contributed by atoms with Crippen LogP contribution in [0.1, 0.15) is 0 Å². The van der Waals surface area contributed by atoms with E-state index in [9.17, 15) is 10.1 Å². The van der Waals surface area contributed by atoms with E-state index in [0.29, 0.717) is 0 Å². The summed E-state index contributed by atoms with van der Waals surface area (Å²) in [6.45, 7) is 0. The van der Waals surface area contributed by atoms with Gasteiger partial charge in [-0.05, 0) is 0 Å². The quantitative estimate of drug-likeness (QED) is 0.428. The first-order valence-electron chi connectivity index (χ1n) is 3.32. The molecule has 6 nitrogen and oxygen atoms in total. The van der Waals surface area contributed by atoms with E-state index in [-0.39, 0.29) is 22.0 Å². The summed E-state index contributed by atoms with van der Waals surface area (Å²) in [5.41, 5.74) is 0.418. The minimum absolute atomic E-state index is 0.0614. The first-order chi connectivity index (χ1) is 6.18. The normalized spacial score (nSPS) is 10.5.